The Kier molecular flexibility index (Phi) is 7.90. The summed E-state index contributed by atoms with van der Waals surface area (Å²) in [6.07, 6.45) is 7.29. The fourth-order valence-corrected chi connectivity index (χ4v) is 12.1. The molecule has 2 unspecified atom stereocenters. The Morgan fingerprint density at radius 1 is 0.667 bits per heavy atom. The Morgan fingerprint density at radius 2 is 1.39 bits per heavy atom. The van der Waals surface area contributed by atoms with E-state index in [1.54, 1.807) is 0 Å². The van der Waals surface area contributed by atoms with Gasteiger partial charge in [-0.15, -0.1) is 11.3 Å². The minimum atomic E-state index is -0.0503. The summed E-state index contributed by atoms with van der Waals surface area (Å²) < 4.78 is 8.19. The van der Waals surface area contributed by atoms with Crippen molar-refractivity contribution < 1.29 is 4.42 Å². The summed E-state index contributed by atoms with van der Waals surface area (Å²) in [5.41, 5.74) is 15.5. The standard InChI is InChI=1S/C53H58N2OS/c1-33-26-35(29-36(27-33)55-43-21-20-34(49(2,3)4)28-42(43)52(9)22-13-14-23-53(52,55)10)54(44-18-15-17-38-37-16-11-12-19-46(37)56-48(38)44)45-32-57-47-31-41-40(30-39(45)47)50(5,6)24-25-51(41,7)8/h11-12,15-21,26-32H,13-14,22-25H2,1-10H3. The fraction of sp³-hybridized carbons (Fsp3) is 0.396. The molecule has 7 aromatic rings. The molecule has 10 rings (SSSR count). The average Bonchev–Trinajstić information content (AvgIpc) is 3.81. The fourth-order valence-electron chi connectivity index (χ4n) is 11.2. The first-order valence-electron chi connectivity index (χ1n) is 21.3. The van der Waals surface area contributed by atoms with Crippen molar-refractivity contribution in [3.8, 4) is 0 Å². The largest absolute Gasteiger partial charge is 0.454 e. The Labute approximate surface area is 343 Å². The molecule has 0 radical (unpaired) electrons. The van der Waals surface area contributed by atoms with Gasteiger partial charge in [-0.1, -0.05) is 111 Å². The zero-order valence-electron chi connectivity index (χ0n) is 35.7. The van der Waals surface area contributed by atoms with Crippen molar-refractivity contribution in [1.29, 1.82) is 0 Å². The highest BCUT2D eigenvalue weighted by Gasteiger charge is 2.58. The summed E-state index contributed by atoms with van der Waals surface area (Å²) in [5.74, 6) is 0. The lowest BCUT2D eigenvalue weighted by Gasteiger charge is -2.50. The van der Waals surface area contributed by atoms with Crippen LogP contribution in [0.25, 0.3) is 32.0 Å². The molecule has 0 N–H and O–H groups in total. The van der Waals surface area contributed by atoms with E-state index in [1.165, 1.54) is 93.5 Å². The van der Waals surface area contributed by atoms with Gasteiger partial charge >= 0.3 is 0 Å². The van der Waals surface area contributed by atoms with E-state index in [2.05, 4.69) is 175 Å². The number of anilines is 5. The second-order valence-corrected chi connectivity index (χ2v) is 21.4. The molecular weight excluding hydrogens is 713 g/mol. The third kappa shape index (κ3) is 5.35. The van der Waals surface area contributed by atoms with Gasteiger partial charge < -0.3 is 14.2 Å². The van der Waals surface area contributed by atoms with Crippen LogP contribution >= 0.6 is 11.3 Å². The Balaban J connectivity index is 1.23. The van der Waals surface area contributed by atoms with Crippen LogP contribution in [0.2, 0.25) is 0 Å². The van der Waals surface area contributed by atoms with Crippen LogP contribution in [0.4, 0.5) is 28.4 Å². The van der Waals surface area contributed by atoms with Crippen molar-refractivity contribution in [2.24, 2.45) is 0 Å². The number of benzene rings is 5. The van der Waals surface area contributed by atoms with E-state index in [9.17, 15) is 0 Å². The molecule has 2 atom stereocenters. The Hall–Kier alpha value is -4.54. The second-order valence-electron chi connectivity index (χ2n) is 20.5. The van der Waals surface area contributed by atoms with Gasteiger partial charge in [0.15, 0.2) is 5.58 Å². The van der Waals surface area contributed by atoms with Crippen LogP contribution < -0.4 is 9.80 Å². The zero-order valence-corrected chi connectivity index (χ0v) is 36.5. The van der Waals surface area contributed by atoms with Crippen molar-refractivity contribution in [3.05, 3.63) is 124 Å². The number of furan rings is 1. The van der Waals surface area contributed by atoms with E-state index >= 15 is 0 Å². The van der Waals surface area contributed by atoms with E-state index in [-0.39, 0.29) is 27.2 Å². The Morgan fingerprint density at radius 3 is 2.16 bits per heavy atom. The van der Waals surface area contributed by atoms with Gasteiger partial charge in [-0.3, -0.25) is 0 Å². The SMILES string of the molecule is Cc1cc(N(c2csc3cc4c(cc23)C(C)(C)CCC4(C)C)c2cccc3c2oc2ccccc23)cc(N2c3ccc(C(C)(C)C)cc3C3(C)CCCCC23C)c1. The number of rotatable bonds is 4. The smallest absolute Gasteiger partial charge is 0.159 e. The highest BCUT2D eigenvalue weighted by atomic mass is 32.1. The van der Waals surface area contributed by atoms with Gasteiger partial charge in [0.1, 0.15) is 5.58 Å². The maximum absolute atomic E-state index is 6.84. The minimum absolute atomic E-state index is 0.0501. The molecule has 0 amide bonds. The van der Waals surface area contributed by atoms with Gasteiger partial charge in [-0.05, 0) is 132 Å². The number of hydrogen-bond donors (Lipinski definition) is 0. The summed E-state index contributed by atoms with van der Waals surface area (Å²) in [6, 6.07) is 35.0. The number of para-hydroxylation sites is 2. The molecule has 1 aliphatic heterocycles. The summed E-state index contributed by atoms with van der Waals surface area (Å²) in [4.78, 5) is 5.27. The molecule has 3 nitrogen and oxygen atoms in total. The minimum Gasteiger partial charge on any atom is -0.454 e. The van der Waals surface area contributed by atoms with Crippen molar-refractivity contribution in [2.45, 2.75) is 135 Å². The lowest BCUT2D eigenvalue weighted by molar-refractivity contribution is 0.195. The number of fused-ring (bicyclic) bond motifs is 8. The van der Waals surface area contributed by atoms with Gasteiger partial charge in [0, 0.05) is 48.7 Å². The van der Waals surface area contributed by atoms with Crippen molar-refractivity contribution >= 4 is 71.8 Å². The predicted molar refractivity (Wildman–Crippen MR) is 245 cm³/mol. The maximum Gasteiger partial charge on any atom is 0.159 e. The van der Waals surface area contributed by atoms with Crippen LogP contribution in [0, 0.1) is 6.92 Å². The van der Waals surface area contributed by atoms with Crippen LogP contribution in [0.1, 0.15) is 129 Å². The van der Waals surface area contributed by atoms with E-state index in [4.69, 9.17) is 4.42 Å². The lowest BCUT2D eigenvalue weighted by atomic mass is 9.61. The van der Waals surface area contributed by atoms with Gasteiger partial charge in [0.05, 0.1) is 16.9 Å². The molecule has 57 heavy (non-hydrogen) atoms. The van der Waals surface area contributed by atoms with Crippen LogP contribution in [0.5, 0.6) is 0 Å². The van der Waals surface area contributed by atoms with Gasteiger partial charge in [-0.25, -0.2) is 0 Å². The molecular formula is C53H58N2OS. The highest BCUT2D eigenvalue weighted by Crippen LogP contribution is 2.62. The summed E-state index contributed by atoms with van der Waals surface area (Å²) in [5, 5.41) is 6.02. The zero-order chi connectivity index (χ0) is 39.9. The van der Waals surface area contributed by atoms with Crippen molar-refractivity contribution in [2.75, 3.05) is 9.80 Å². The summed E-state index contributed by atoms with van der Waals surface area (Å²) >= 11 is 1.87. The van der Waals surface area contributed by atoms with Gasteiger partial charge in [-0.2, -0.15) is 0 Å². The second kappa shape index (κ2) is 12.2. The molecule has 5 aromatic carbocycles. The van der Waals surface area contributed by atoms with E-state index in [0.29, 0.717) is 0 Å². The molecule has 292 valence electrons. The van der Waals surface area contributed by atoms with Gasteiger partial charge in [0.2, 0.25) is 0 Å². The molecule has 1 fully saturated rings. The quantitative estimate of drug-likeness (QED) is 0.178. The predicted octanol–water partition coefficient (Wildman–Crippen LogP) is 16.0. The number of aryl methyl sites for hydroxylation is 1. The first-order valence-corrected chi connectivity index (χ1v) is 22.2. The first kappa shape index (κ1) is 36.8. The topological polar surface area (TPSA) is 19.6 Å². The number of hydrogen-bond acceptors (Lipinski definition) is 4. The molecule has 3 heterocycles. The van der Waals surface area contributed by atoms with Crippen LogP contribution in [-0.4, -0.2) is 5.54 Å². The Bertz CT molecular complexity index is 2760. The van der Waals surface area contributed by atoms with E-state index in [0.717, 1.165) is 33.3 Å². The third-order valence-electron chi connectivity index (χ3n) is 14.9. The molecule has 2 aromatic heterocycles. The highest BCUT2D eigenvalue weighted by molar-refractivity contribution is 7.17. The van der Waals surface area contributed by atoms with Gasteiger partial charge in [0.25, 0.3) is 0 Å². The molecule has 4 heteroatoms. The molecule has 0 spiro atoms. The van der Waals surface area contributed by atoms with Crippen molar-refractivity contribution in [1.82, 2.24) is 0 Å². The first-order chi connectivity index (χ1) is 27.0. The molecule has 3 aliphatic rings. The molecule has 0 bridgehead atoms. The monoisotopic (exact) mass is 770 g/mol. The molecule has 1 saturated carbocycles. The van der Waals surface area contributed by atoms with E-state index < -0.39 is 0 Å². The summed E-state index contributed by atoms with van der Waals surface area (Å²) in [7, 11) is 0. The third-order valence-corrected chi connectivity index (χ3v) is 15.9. The van der Waals surface area contributed by atoms with Crippen LogP contribution in [0.15, 0.2) is 101 Å². The lowest BCUT2D eigenvalue weighted by Crippen LogP contribution is -2.54. The van der Waals surface area contributed by atoms with Crippen LogP contribution in [-0.2, 0) is 21.7 Å². The van der Waals surface area contributed by atoms with Crippen molar-refractivity contribution in [3.63, 3.8) is 0 Å². The number of thiophene rings is 1. The maximum atomic E-state index is 6.84. The number of nitrogens with zero attached hydrogens (tertiary/aromatic N) is 2. The average molecular weight is 771 g/mol. The summed E-state index contributed by atoms with van der Waals surface area (Å²) in [6.45, 7) is 24.2. The normalized spacial score (nSPS) is 22.5. The van der Waals surface area contributed by atoms with E-state index in [1.807, 2.05) is 11.3 Å². The molecule has 2 aliphatic carbocycles. The molecule has 0 saturated heterocycles. The van der Waals surface area contributed by atoms with Crippen LogP contribution in [0.3, 0.4) is 0 Å².